The van der Waals surface area contributed by atoms with Gasteiger partial charge in [-0.3, -0.25) is 4.79 Å². The third-order valence-corrected chi connectivity index (χ3v) is 8.78. The average Bonchev–Trinajstić information content (AvgIpc) is 3.45. The Bertz CT molecular complexity index is 1320. The Kier molecular flexibility index (Phi) is 6.50. The van der Waals surface area contributed by atoms with E-state index in [-0.39, 0.29) is 4.90 Å². The van der Waals surface area contributed by atoms with E-state index in [1.807, 2.05) is 23.6 Å². The minimum atomic E-state index is -3.51. The summed E-state index contributed by atoms with van der Waals surface area (Å²) in [6.45, 7) is 5.90. The normalized spacial score (nSPS) is 15.5. The van der Waals surface area contributed by atoms with Crippen LogP contribution >= 0.6 is 11.3 Å². The van der Waals surface area contributed by atoms with Gasteiger partial charge in [0.05, 0.1) is 16.7 Å². The molecule has 0 unspecified atom stereocenters. The molecule has 0 aliphatic carbocycles. The highest BCUT2D eigenvalue weighted by Crippen LogP contribution is 2.30. The minimum absolute atomic E-state index is 0.208. The predicted molar refractivity (Wildman–Crippen MR) is 126 cm³/mol. The number of methoxy groups -OCH3 is 1. The third-order valence-electron chi connectivity index (χ3n) is 5.65. The molecule has 0 bridgehead atoms. The third kappa shape index (κ3) is 4.12. The second-order valence-electron chi connectivity index (χ2n) is 7.85. The summed E-state index contributed by atoms with van der Waals surface area (Å²) >= 11 is 1.46. The van der Waals surface area contributed by atoms with Gasteiger partial charge < -0.3 is 9.30 Å². The summed E-state index contributed by atoms with van der Waals surface area (Å²) in [5.74, 6) is 0.351. The SMILES string of the molecule is CCCn1c(=NC(=O)c2ccc(S(=O)(=O)N3CCCC3)cc2)sc2c(C)ccc(OC)c21. The molecule has 0 spiro atoms. The van der Waals surface area contributed by atoms with Gasteiger partial charge in [-0.05, 0) is 62.1 Å². The zero-order valence-electron chi connectivity index (χ0n) is 18.5. The molecule has 1 saturated heterocycles. The number of hydrogen-bond donors (Lipinski definition) is 0. The Morgan fingerprint density at radius 2 is 1.81 bits per heavy atom. The van der Waals surface area contributed by atoms with E-state index < -0.39 is 15.9 Å². The van der Waals surface area contributed by atoms with Crippen molar-refractivity contribution in [2.24, 2.45) is 4.99 Å². The van der Waals surface area contributed by atoms with E-state index in [2.05, 4.69) is 11.9 Å². The largest absolute Gasteiger partial charge is 0.495 e. The van der Waals surface area contributed by atoms with Crippen LogP contribution in [0.4, 0.5) is 0 Å². The summed E-state index contributed by atoms with van der Waals surface area (Å²) in [6.07, 6.45) is 2.64. The number of hydrogen-bond acceptors (Lipinski definition) is 5. The van der Waals surface area contributed by atoms with Crippen LogP contribution in [0, 0.1) is 6.92 Å². The number of aromatic nitrogens is 1. The van der Waals surface area contributed by atoms with E-state index >= 15 is 0 Å². The van der Waals surface area contributed by atoms with Gasteiger partial charge in [0.25, 0.3) is 5.91 Å². The number of fused-ring (bicyclic) bond motifs is 1. The van der Waals surface area contributed by atoms with Crippen molar-refractivity contribution in [2.75, 3.05) is 20.2 Å². The van der Waals surface area contributed by atoms with Crippen molar-refractivity contribution in [3.8, 4) is 5.75 Å². The number of benzene rings is 2. The molecule has 170 valence electrons. The molecule has 7 nitrogen and oxygen atoms in total. The van der Waals surface area contributed by atoms with Crippen LogP contribution in [-0.2, 0) is 16.6 Å². The van der Waals surface area contributed by atoms with Gasteiger partial charge in [-0.1, -0.05) is 24.3 Å². The standard InChI is InChI=1S/C23H27N3O4S2/c1-4-13-26-20-19(30-3)12-7-16(2)21(20)31-23(26)24-22(27)17-8-10-18(11-9-17)32(28,29)25-14-5-6-15-25/h7-12H,4-6,13-15H2,1-3H3. The lowest BCUT2D eigenvalue weighted by molar-refractivity contribution is 0.0997. The highest BCUT2D eigenvalue weighted by molar-refractivity contribution is 7.89. The summed E-state index contributed by atoms with van der Waals surface area (Å²) in [4.78, 5) is 18.1. The molecular weight excluding hydrogens is 446 g/mol. The number of carbonyl (C=O) groups excluding carboxylic acids is 1. The molecule has 3 aromatic rings. The highest BCUT2D eigenvalue weighted by Gasteiger charge is 2.27. The topological polar surface area (TPSA) is 81.0 Å². The van der Waals surface area contributed by atoms with E-state index in [1.54, 1.807) is 7.11 Å². The van der Waals surface area contributed by atoms with Gasteiger partial charge in [0, 0.05) is 25.2 Å². The fraction of sp³-hybridized carbons (Fsp3) is 0.391. The van der Waals surface area contributed by atoms with Crippen molar-refractivity contribution >= 4 is 37.5 Å². The van der Waals surface area contributed by atoms with Crippen molar-refractivity contribution in [1.82, 2.24) is 8.87 Å². The Morgan fingerprint density at radius 3 is 2.44 bits per heavy atom. The zero-order chi connectivity index (χ0) is 22.9. The van der Waals surface area contributed by atoms with Crippen LogP contribution in [0.1, 0.15) is 42.1 Å². The number of aryl methyl sites for hydroxylation is 2. The van der Waals surface area contributed by atoms with Crippen LogP contribution in [-0.4, -0.2) is 43.4 Å². The number of nitrogens with zero attached hydrogens (tertiary/aromatic N) is 3. The van der Waals surface area contributed by atoms with Gasteiger partial charge in [-0.2, -0.15) is 9.30 Å². The first-order valence-electron chi connectivity index (χ1n) is 10.7. The van der Waals surface area contributed by atoms with E-state index in [9.17, 15) is 13.2 Å². The van der Waals surface area contributed by atoms with Crippen molar-refractivity contribution in [2.45, 2.75) is 44.6 Å². The molecule has 0 radical (unpaired) electrons. The number of ether oxygens (including phenoxy) is 1. The first-order chi connectivity index (χ1) is 15.4. The van der Waals surface area contributed by atoms with E-state index in [0.717, 1.165) is 40.8 Å². The van der Waals surface area contributed by atoms with E-state index in [4.69, 9.17) is 4.74 Å². The van der Waals surface area contributed by atoms with Crippen LogP contribution in [0.3, 0.4) is 0 Å². The lowest BCUT2D eigenvalue weighted by Crippen LogP contribution is -2.27. The quantitative estimate of drug-likeness (QED) is 0.543. The Labute approximate surface area is 192 Å². The summed E-state index contributed by atoms with van der Waals surface area (Å²) in [5, 5.41) is 0. The number of sulfonamides is 1. The molecule has 32 heavy (non-hydrogen) atoms. The number of rotatable bonds is 6. The van der Waals surface area contributed by atoms with Crippen LogP contribution in [0.15, 0.2) is 46.3 Å². The summed E-state index contributed by atoms with van der Waals surface area (Å²) < 4.78 is 35.6. The molecule has 1 aliphatic heterocycles. The number of carbonyl (C=O) groups is 1. The van der Waals surface area contributed by atoms with Crippen molar-refractivity contribution < 1.29 is 17.9 Å². The molecule has 0 N–H and O–H groups in total. The summed E-state index contributed by atoms with van der Waals surface area (Å²) in [7, 11) is -1.87. The van der Waals surface area contributed by atoms with Crippen LogP contribution < -0.4 is 9.54 Å². The number of thiazole rings is 1. The Morgan fingerprint density at radius 1 is 1.12 bits per heavy atom. The van der Waals surface area contributed by atoms with Crippen LogP contribution in [0.25, 0.3) is 10.2 Å². The maximum Gasteiger partial charge on any atom is 0.279 e. The molecule has 0 atom stereocenters. The molecule has 1 aliphatic rings. The monoisotopic (exact) mass is 473 g/mol. The molecule has 9 heteroatoms. The van der Waals surface area contributed by atoms with Crippen molar-refractivity contribution in [3.63, 3.8) is 0 Å². The molecule has 1 fully saturated rings. The first kappa shape index (κ1) is 22.7. The summed E-state index contributed by atoms with van der Waals surface area (Å²) in [6, 6.07) is 10.0. The van der Waals surface area contributed by atoms with E-state index in [0.29, 0.717) is 30.0 Å². The van der Waals surface area contributed by atoms with Gasteiger partial charge >= 0.3 is 0 Å². The lowest BCUT2D eigenvalue weighted by Gasteiger charge is -2.15. The summed E-state index contributed by atoms with van der Waals surface area (Å²) in [5.41, 5.74) is 2.40. The van der Waals surface area contributed by atoms with Gasteiger partial charge in [-0.15, -0.1) is 0 Å². The smallest absolute Gasteiger partial charge is 0.279 e. The molecule has 2 aromatic carbocycles. The lowest BCUT2D eigenvalue weighted by atomic mass is 10.2. The van der Waals surface area contributed by atoms with Crippen LogP contribution in [0.5, 0.6) is 5.75 Å². The molecule has 1 amide bonds. The Hall–Kier alpha value is -2.49. The number of amides is 1. The second kappa shape index (κ2) is 9.17. The second-order valence-corrected chi connectivity index (χ2v) is 10.8. The fourth-order valence-corrected chi connectivity index (χ4v) is 6.62. The predicted octanol–water partition coefficient (Wildman–Crippen LogP) is 3.96. The van der Waals surface area contributed by atoms with Gasteiger partial charge in [0.1, 0.15) is 11.3 Å². The van der Waals surface area contributed by atoms with E-state index in [1.165, 1.54) is 39.9 Å². The maximum atomic E-state index is 12.9. The van der Waals surface area contributed by atoms with Gasteiger partial charge in [-0.25, -0.2) is 8.42 Å². The van der Waals surface area contributed by atoms with Crippen LogP contribution in [0.2, 0.25) is 0 Å². The molecule has 4 rings (SSSR count). The maximum absolute atomic E-state index is 12.9. The fourth-order valence-electron chi connectivity index (χ4n) is 3.96. The molecule has 0 saturated carbocycles. The average molecular weight is 474 g/mol. The zero-order valence-corrected chi connectivity index (χ0v) is 20.1. The highest BCUT2D eigenvalue weighted by atomic mass is 32.2. The molecule has 2 heterocycles. The van der Waals surface area contributed by atoms with Crippen molar-refractivity contribution in [3.05, 3.63) is 52.3 Å². The first-order valence-corrected chi connectivity index (χ1v) is 13.0. The van der Waals surface area contributed by atoms with Gasteiger partial charge in [0.2, 0.25) is 10.0 Å². The molecular formula is C23H27N3O4S2. The van der Waals surface area contributed by atoms with Gasteiger partial charge in [0.15, 0.2) is 4.80 Å². The minimum Gasteiger partial charge on any atom is -0.495 e. The molecule has 1 aromatic heterocycles. The van der Waals surface area contributed by atoms with Crippen molar-refractivity contribution in [1.29, 1.82) is 0 Å². The Balaban J connectivity index is 1.72.